The zero-order chi connectivity index (χ0) is 27.0. The Morgan fingerprint density at radius 1 is 1.03 bits per heavy atom. The second-order valence-corrected chi connectivity index (χ2v) is 10.2. The number of carbonyl (C=O) groups is 1. The van der Waals surface area contributed by atoms with Crippen molar-refractivity contribution in [3.63, 3.8) is 0 Å². The van der Waals surface area contributed by atoms with E-state index in [4.69, 9.17) is 4.74 Å². The van der Waals surface area contributed by atoms with Crippen molar-refractivity contribution >= 4 is 5.97 Å². The summed E-state index contributed by atoms with van der Waals surface area (Å²) in [6, 6.07) is 7.32. The maximum atomic E-state index is 13.5. The van der Waals surface area contributed by atoms with Crippen LogP contribution in [0.2, 0.25) is 0 Å². The van der Waals surface area contributed by atoms with Crippen LogP contribution < -0.4 is 4.74 Å². The van der Waals surface area contributed by atoms with Gasteiger partial charge in [-0.3, -0.25) is 9.69 Å². The predicted molar refractivity (Wildman–Crippen MR) is 124 cm³/mol. The van der Waals surface area contributed by atoms with Crippen LogP contribution in [0.5, 0.6) is 5.75 Å². The van der Waals surface area contributed by atoms with Gasteiger partial charge in [-0.2, -0.15) is 26.3 Å². The van der Waals surface area contributed by atoms with E-state index >= 15 is 0 Å². The fourth-order valence-electron chi connectivity index (χ4n) is 5.27. The van der Waals surface area contributed by atoms with Gasteiger partial charge in [0.15, 0.2) is 0 Å². The second kappa shape index (κ2) is 10.2. The minimum absolute atomic E-state index is 0.233. The number of alkyl halides is 6. The SMILES string of the molecule is CC(Cc1ccc2c(c1)OC1(CCCN(Cc3cc(C(F)(F)F)ccc3C(F)(F)F)CC1)CC2)C(=O)O. The molecule has 2 unspecified atom stereocenters. The molecule has 37 heavy (non-hydrogen) atoms. The number of ether oxygens (including phenoxy) is 1. The van der Waals surface area contributed by atoms with Crippen molar-refractivity contribution in [1.29, 1.82) is 0 Å². The summed E-state index contributed by atoms with van der Waals surface area (Å²) in [6.45, 7) is 2.24. The molecule has 2 aromatic rings. The summed E-state index contributed by atoms with van der Waals surface area (Å²) in [4.78, 5) is 13.0. The molecule has 4 rings (SSSR count). The predicted octanol–water partition coefficient (Wildman–Crippen LogP) is 6.74. The molecule has 0 radical (unpaired) electrons. The van der Waals surface area contributed by atoms with Crippen LogP contribution in [0.3, 0.4) is 0 Å². The van der Waals surface area contributed by atoms with E-state index in [0.29, 0.717) is 62.7 Å². The van der Waals surface area contributed by atoms with Crippen LogP contribution in [0.4, 0.5) is 26.3 Å². The first kappa shape index (κ1) is 27.3. The Bertz CT molecular complexity index is 1150. The monoisotopic (exact) mass is 529 g/mol. The van der Waals surface area contributed by atoms with Crippen LogP contribution in [0.25, 0.3) is 0 Å². The minimum Gasteiger partial charge on any atom is -0.487 e. The molecule has 2 aliphatic heterocycles. The molecular formula is C27H29F6NO3. The first-order chi connectivity index (χ1) is 17.3. The van der Waals surface area contributed by atoms with Gasteiger partial charge in [-0.15, -0.1) is 0 Å². The standard InChI is InChI=1S/C27H29F6NO3/c1-17(24(35)36)13-18-3-4-19-7-9-25(37-23(19)14-18)8-2-11-34(12-10-25)16-20-15-21(26(28,29)30)5-6-22(20)27(31,32)33/h3-6,14-15,17H,2,7-13,16H2,1H3,(H,35,36). The van der Waals surface area contributed by atoms with Gasteiger partial charge in [-0.25, -0.2) is 0 Å². The van der Waals surface area contributed by atoms with Crippen molar-refractivity contribution in [2.75, 3.05) is 13.1 Å². The molecule has 2 heterocycles. The molecule has 1 saturated heterocycles. The van der Waals surface area contributed by atoms with Gasteiger partial charge in [0.2, 0.25) is 0 Å². The van der Waals surface area contributed by atoms with Crippen LogP contribution in [0.1, 0.15) is 60.4 Å². The summed E-state index contributed by atoms with van der Waals surface area (Å²) in [5.74, 6) is -0.722. The van der Waals surface area contributed by atoms with Crippen molar-refractivity contribution in [2.24, 2.45) is 5.92 Å². The molecule has 0 saturated carbocycles. The van der Waals surface area contributed by atoms with E-state index in [1.165, 1.54) is 0 Å². The van der Waals surface area contributed by atoms with Gasteiger partial charge >= 0.3 is 18.3 Å². The first-order valence-electron chi connectivity index (χ1n) is 12.3. The van der Waals surface area contributed by atoms with Gasteiger partial charge in [-0.1, -0.05) is 19.1 Å². The molecular weight excluding hydrogens is 500 g/mol. The van der Waals surface area contributed by atoms with Crippen molar-refractivity contribution in [3.8, 4) is 5.75 Å². The van der Waals surface area contributed by atoms with Crippen molar-refractivity contribution in [3.05, 3.63) is 64.2 Å². The zero-order valence-corrected chi connectivity index (χ0v) is 20.4. The molecule has 10 heteroatoms. The number of carboxylic acids is 1. The number of fused-ring (bicyclic) bond motifs is 1. The van der Waals surface area contributed by atoms with Gasteiger partial charge in [-0.05, 0) is 86.0 Å². The molecule has 0 amide bonds. The molecule has 0 aromatic heterocycles. The zero-order valence-electron chi connectivity index (χ0n) is 20.4. The number of aryl methyl sites for hydroxylation is 1. The number of aliphatic carboxylic acids is 1. The Balaban J connectivity index is 1.49. The maximum absolute atomic E-state index is 13.5. The van der Waals surface area contributed by atoms with Crippen molar-refractivity contribution < 1.29 is 41.0 Å². The molecule has 1 spiro atoms. The van der Waals surface area contributed by atoms with Crippen LogP contribution >= 0.6 is 0 Å². The van der Waals surface area contributed by atoms with E-state index in [1.54, 1.807) is 11.8 Å². The number of carboxylic acid groups (broad SMARTS) is 1. The largest absolute Gasteiger partial charge is 0.487 e. The summed E-state index contributed by atoms with van der Waals surface area (Å²) in [5, 5.41) is 9.20. The summed E-state index contributed by atoms with van der Waals surface area (Å²) >= 11 is 0. The Morgan fingerprint density at radius 2 is 1.78 bits per heavy atom. The second-order valence-electron chi connectivity index (χ2n) is 10.2. The number of nitrogens with zero attached hydrogens (tertiary/aromatic N) is 1. The average Bonchev–Trinajstić information content (AvgIpc) is 2.99. The Hall–Kier alpha value is -2.75. The Morgan fingerprint density at radius 3 is 2.46 bits per heavy atom. The number of hydrogen-bond acceptors (Lipinski definition) is 3. The molecule has 2 atom stereocenters. The third-order valence-corrected chi connectivity index (χ3v) is 7.39. The lowest BCUT2D eigenvalue weighted by atomic mass is 9.84. The van der Waals surface area contributed by atoms with Gasteiger partial charge < -0.3 is 9.84 Å². The molecule has 202 valence electrons. The third kappa shape index (κ3) is 6.40. The normalized spacial score (nSPS) is 21.7. The molecule has 1 N–H and O–H groups in total. The molecule has 1 fully saturated rings. The number of benzene rings is 2. The average molecular weight is 530 g/mol. The first-order valence-corrected chi connectivity index (χ1v) is 12.3. The highest BCUT2D eigenvalue weighted by Crippen LogP contribution is 2.41. The van der Waals surface area contributed by atoms with E-state index in [9.17, 15) is 36.2 Å². The lowest BCUT2D eigenvalue weighted by Gasteiger charge is -2.38. The van der Waals surface area contributed by atoms with Gasteiger partial charge in [0, 0.05) is 13.1 Å². The third-order valence-electron chi connectivity index (χ3n) is 7.39. The van der Waals surface area contributed by atoms with E-state index < -0.39 is 41.0 Å². The summed E-state index contributed by atoms with van der Waals surface area (Å²) in [5.41, 5.74) is -1.17. The van der Waals surface area contributed by atoms with E-state index in [1.807, 2.05) is 18.2 Å². The molecule has 4 nitrogen and oxygen atoms in total. The van der Waals surface area contributed by atoms with Crippen LogP contribution in [-0.4, -0.2) is 34.7 Å². The highest BCUT2D eigenvalue weighted by Gasteiger charge is 2.40. The van der Waals surface area contributed by atoms with Gasteiger partial charge in [0.1, 0.15) is 11.4 Å². The minimum atomic E-state index is -4.75. The summed E-state index contributed by atoms with van der Waals surface area (Å²) < 4.78 is 86.7. The van der Waals surface area contributed by atoms with E-state index in [-0.39, 0.29) is 12.1 Å². The van der Waals surface area contributed by atoms with Gasteiger partial charge in [0.05, 0.1) is 17.0 Å². The molecule has 0 aliphatic carbocycles. The number of hydrogen-bond donors (Lipinski definition) is 1. The van der Waals surface area contributed by atoms with Crippen LogP contribution in [0.15, 0.2) is 36.4 Å². The summed E-state index contributed by atoms with van der Waals surface area (Å²) in [6.07, 6.45) is -5.79. The molecule has 2 aliphatic rings. The quantitative estimate of drug-likeness (QED) is 0.436. The lowest BCUT2D eigenvalue weighted by Crippen LogP contribution is -2.40. The Labute approximate surface area is 211 Å². The lowest BCUT2D eigenvalue weighted by molar-refractivity contribution is -0.142. The highest BCUT2D eigenvalue weighted by molar-refractivity contribution is 5.70. The molecule has 0 bridgehead atoms. The maximum Gasteiger partial charge on any atom is 0.416 e. The van der Waals surface area contributed by atoms with Crippen LogP contribution in [-0.2, 0) is 36.5 Å². The Kier molecular flexibility index (Phi) is 7.52. The summed E-state index contributed by atoms with van der Waals surface area (Å²) in [7, 11) is 0. The fourth-order valence-corrected chi connectivity index (χ4v) is 5.27. The highest BCUT2D eigenvalue weighted by atomic mass is 19.4. The number of rotatable bonds is 5. The number of likely N-dealkylation sites (tertiary alicyclic amines) is 1. The van der Waals surface area contributed by atoms with E-state index in [0.717, 1.165) is 24.0 Å². The topological polar surface area (TPSA) is 49.8 Å². The van der Waals surface area contributed by atoms with Crippen molar-refractivity contribution in [2.45, 2.75) is 69.9 Å². The molecule has 2 aromatic carbocycles. The van der Waals surface area contributed by atoms with Gasteiger partial charge in [0.25, 0.3) is 0 Å². The van der Waals surface area contributed by atoms with E-state index in [2.05, 4.69) is 0 Å². The van der Waals surface area contributed by atoms with Crippen LogP contribution in [0, 0.1) is 5.92 Å². The number of halogens is 6. The van der Waals surface area contributed by atoms with Crippen molar-refractivity contribution in [1.82, 2.24) is 4.90 Å². The smallest absolute Gasteiger partial charge is 0.416 e. The fraction of sp³-hybridized carbons (Fsp3) is 0.519.